The fourth-order valence-electron chi connectivity index (χ4n) is 2.90. The van der Waals surface area contributed by atoms with Gasteiger partial charge in [-0.25, -0.2) is 9.97 Å². The second-order valence-corrected chi connectivity index (χ2v) is 8.49. The lowest BCUT2D eigenvalue weighted by atomic mass is 10.1. The minimum absolute atomic E-state index is 0.732. The number of nitrogens with one attached hydrogen (secondary N) is 1. The van der Waals surface area contributed by atoms with Crippen LogP contribution in [0.4, 0.5) is 5.82 Å². The van der Waals surface area contributed by atoms with Gasteiger partial charge in [-0.3, -0.25) is 0 Å². The van der Waals surface area contributed by atoms with Gasteiger partial charge in [0.15, 0.2) is 5.16 Å². The maximum Gasteiger partial charge on any atom is 0.191 e. The van der Waals surface area contributed by atoms with Crippen LogP contribution in [0.5, 0.6) is 0 Å². The largest absolute Gasteiger partial charge is 0.468 e. The molecule has 0 fully saturated rings. The van der Waals surface area contributed by atoms with Gasteiger partial charge in [0.2, 0.25) is 0 Å². The maximum absolute atomic E-state index is 5.41. The van der Waals surface area contributed by atoms with Crippen molar-refractivity contribution in [2.45, 2.75) is 30.7 Å². The lowest BCUT2D eigenvalue weighted by Crippen LogP contribution is -2.06. The molecular weight excluding hydrogens is 374 g/mol. The summed E-state index contributed by atoms with van der Waals surface area (Å²) in [6, 6.07) is 16.6. The van der Waals surface area contributed by atoms with Crippen LogP contribution in [0.15, 0.2) is 64.4 Å². The van der Waals surface area contributed by atoms with Crippen molar-refractivity contribution in [3.63, 3.8) is 0 Å². The average molecular weight is 396 g/mol. The number of thioether (sulfide) groups is 1. The van der Waals surface area contributed by atoms with Gasteiger partial charge in [0.25, 0.3) is 0 Å². The molecule has 0 aliphatic heterocycles. The van der Waals surface area contributed by atoms with Gasteiger partial charge >= 0.3 is 0 Å². The molecule has 0 amide bonds. The van der Waals surface area contributed by atoms with Crippen LogP contribution in [0.1, 0.15) is 22.6 Å². The van der Waals surface area contributed by atoms with Gasteiger partial charge in [-0.2, -0.15) is 0 Å². The van der Waals surface area contributed by atoms with E-state index in [1.165, 1.54) is 10.4 Å². The Morgan fingerprint density at radius 3 is 2.81 bits per heavy atom. The Morgan fingerprint density at radius 1 is 1.11 bits per heavy atom. The van der Waals surface area contributed by atoms with E-state index >= 15 is 0 Å². The standard InChI is InChI=1S/C21H21N3OS2/c1-15-13-18-19(22-11-5-9-16-7-3-2-4-8-16)23-21(24-20(18)27-15)26-14-17-10-6-12-25-17/h2-4,6-8,10,12-13H,5,9,11,14H2,1H3,(H,22,23,24). The molecule has 0 bridgehead atoms. The van der Waals surface area contributed by atoms with Crippen molar-refractivity contribution in [1.29, 1.82) is 0 Å². The lowest BCUT2D eigenvalue weighted by Gasteiger charge is -2.08. The quantitative estimate of drug-likeness (QED) is 0.228. The first-order chi connectivity index (χ1) is 13.3. The van der Waals surface area contributed by atoms with E-state index in [0.717, 1.165) is 52.1 Å². The summed E-state index contributed by atoms with van der Waals surface area (Å²) in [6.07, 6.45) is 3.82. The summed E-state index contributed by atoms with van der Waals surface area (Å²) in [5.74, 6) is 2.60. The van der Waals surface area contributed by atoms with Crippen LogP contribution in [-0.2, 0) is 12.2 Å². The second kappa shape index (κ2) is 8.59. The van der Waals surface area contributed by atoms with E-state index in [-0.39, 0.29) is 0 Å². The fraction of sp³-hybridized carbons (Fsp3) is 0.238. The molecule has 0 aliphatic carbocycles. The van der Waals surface area contributed by atoms with Crippen molar-refractivity contribution in [2.75, 3.05) is 11.9 Å². The summed E-state index contributed by atoms with van der Waals surface area (Å²) >= 11 is 3.32. The van der Waals surface area contributed by atoms with Crippen molar-refractivity contribution in [2.24, 2.45) is 0 Å². The van der Waals surface area contributed by atoms with Crippen LogP contribution >= 0.6 is 23.1 Å². The van der Waals surface area contributed by atoms with Gasteiger partial charge in [0.1, 0.15) is 16.4 Å². The number of benzene rings is 1. The highest BCUT2D eigenvalue weighted by Crippen LogP contribution is 2.31. The van der Waals surface area contributed by atoms with Gasteiger partial charge in [0.05, 0.1) is 17.4 Å². The molecule has 0 spiro atoms. The first kappa shape index (κ1) is 18.1. The second-order valence-electron chi connectivity index (χ2n) is 6.31. The lowest BCUT2D eigenvalue weighted by molar-refractivity contribution is 0.530. The summed E-state index contributed by atoms with van der Waals surface area (Å²) in [7, 11) is 0. The van der Waals surface area contributed by atoms with Crippen molar-refractivity contribution in [1.82, 2.24) is 9.97 Å². The van der Waals surface area contributed by atoms with Crippen LogP contribution in [-0.4, -0.2) is 16.5 Å². The zero-order valence-electron chi connectivity index (χ0n) is 15.1. The Labute approximate surface area is 167 Å². The molecule has 138 valence electrons. The molecule has 0 saturated carbocycles. The molecule has 1 N–H and O–H groups in total. The minimum atomic E-state index is 0.732. The van der Waals surface area contributed by atoms with E-state index in [4.69, 9.17) is 14.4 Å². The highest BCUT2D eigenvalue weighted by Gasteiger charge is 2.11. The zero-order chi connectivity index (χ0) is 18.5. The molecule has 0 aliphatic rings. The van der Waals surface area contributed by atoms with Crippen molar-refractivity contribution in [3.8, 4) is 0 Å². The zero-order valence-corrected chi connectivity index (χ0v) is 16.8. The Bertz CT molecular complexity index is 997. The summed E-state index contributed by atoms with van der Waals surface area (Å²) in [6.45, 7) is 3.00. The molecule has 0 unspecified atom stereocenters. The third kappa shape index (κ3) is 4.70. The SMILES string of the molecule is Cc1cc2c(NCCCc3ccccc3)nc(SCc3ccco3)nc2s1. The van der Waals surface area contributed by atoms with E-state index < -0.39 is 0 Å². The summed E-state index contributed by atoms with van der Waals surface area (Å²) in [5, 5.41) is 5.42. The molecule has 1 aromatic carbocycles. The normalized spacial score (nSPS) is 11.1. The van der Waals surface area contributed by atoms with Crippen LogP contribution in [0.25, 0.3) is 10.2 Å². The number of hydrogen-bond acceptors (Lipinski definition) is 6. The van der Waals surface area contributed by atoms with Crippen molar-refractivity contribution in [3.05, 3.63) is 71.0 Å². The van der Waals surface area contributed by atoms with Gasteiger partial charge in [-0.1, -0.05) is 42.1 Å². The van der Waals surface area contributed by atoms with E-state index in [2.05, 4.69) is 48.6 Å². The fourth-order valence-corrected chi connectivity index (χ4v) is 4.58. The number of rotatable bonds is 8. The van der Waals surface area contributed by atoms with Crippen LogP contribution < -0.4 is 5.32 Å². The number of furan rings is 1. The molecule has 4 aromatic rings. The smallest absolute Gasteiger partial charge is 0.191 e. The number of nitrogens with zero attached hydrogens (tertiary/aromatic N) is 2. The number of aryl methyl sites for hydroxylation is 2. The van der Waals surface area contributed by atoms with Crippen LogP contribution in [0.2, 0.25) is 0 Å². The first-order valence-corrected chi connectivity index (χ1v) is 10.8. The van der Waals surface area contributed by atoms with E-state index in [0.29, 0.717) is 0 Å². The highest BCUT2D eigenvalue weighted by atomic mass is 32.2. The topological polar surface area (TPSA) is 51.0 Å². The third-order valence-corrected chi connectivity index (χ3v) is 6.01. The molecule has 0 saturated heterocycles. The molecule has 0 atom stereocenters. The van der Waals surface area contributed by atoms with Gasteiger partial charge in [0, 0.05) is 11.4 Å². The van der Waals surface area contributed by atoms with Crippen LogP contribution in [0, 0.1) is 6.92 Å². The Hall–Kier alpha value is -2.31. The maximum atomic E-state index is 5.41. The highest BCUT2D eigenvalue weighted by molar-refractivity contribution is 7.98. The monoisotopic (exact) mass is 395 g/mol. The first-order valence-electron chi connectivity index (χ1n) is 8.99. The van der Waals surface area contributed by atoms with Crippen molar-refractivity contribution < 1.29 is 4.42 Å². The van der Waals surface area contributed by atoms with Gasteiger partial charge in [-0.15, -0.1) is 11.3 Å². The molecule has 3 aromatic heterocycles. The summed E-state index contributed by atoms with van der Waals surface area (Å²) in [5.41, 5.74) is 1.37. The van der Waals surface area contributed by atoms with Crippen molar-refractivity contribution >= 4 is 39.1 Å². The predicted octanol–water partition coefficient (Wildman–Crippen LogP) is 5.93. The number of aromatic nitrogens is 2. The molecule has 4 rings (SSSR count). The number of hydrogen-bond donors (Lipinski definition) is 1. The van der Waals surface area contributed by atoms with E-state index in [1.807, 2.05) is 12.1 Å². The molecule has 0 radical (unpaired) electrons. The number of fused-ring (bicyclic) bond motifs is 1. The van der Waals surface area contributed by atoms with E-state index in [9.17, 15) is 0 Å². The van der Waals surface area contributed by atoms with Crippen LogP contribution in [0.3, 0.4) is 0 Å². The molecule has 27 heavy (non-hydrogen) atoms. The number of anilines is 1. The Morgan fingerprint density at radius 2 is 2.00 bits per heavy atom. The third-order valence-electron chi connectivity index (χ3n) is 4.20. The molecule has 3 heterocycles. The number of thiophene rings is 1. The minimum Gasteiger partial charge on any atom is -0.468 e. The summed E-state index contributed by atoms with van der Waals surface area (Å²) in [4.78, 5) is 11.8. The Kier molecular flexibility index (Phi) is 5.75. The van der Waals surface area contributed by atoms with Gasteiger partial charge < -0.3 is 9.73 Å². The van der Waals surface area contributed by atoms with E-state index in [1.54, 1.807) is 29.4 Å². The summed E-state index contributed by atoms with van der Waals surface area (Å²) < 4.78 is 5.41. The molecule has 6 heteroatoms. The predicted molar refractivity (Wildman–Crippen MR) is 114 cm³/mol. The van der Waals surface area contributed by atoms with Gasteiger partial charge in [-0.05, 0) is 43.5 Å². The average Bonchev–Trinajstić information content (AvgIpc) is 3.33. The molecule has 4 nitrogen and oxygen atoms in total. The Balaban J connectivity index is 1.44. The molecular formula is C21H21N3OS2.